The van der Waals surface area contributed by atoms with Gasteiger partial charge in [-0.05, 0) is 0 Å². The molecule has 3 heteroatoms. The summed E-state index contributed by atoms with van der Waals surface area (Å²) < 4.78 is 5.66. The van der Waals surface area contributed by atoms with Gasteiger partial charge in [0.25, 0.3) is 0 Å². The van der Waals surface area contributed by atoms with Gasteiger partial charge in [0.1, 0.15) is 0 Å². The van der Waals surface area contributed by atoms with Gasteiger partial charge in [-0.3, -0.25) is 0 Å². The zero-order valence-electron chi connectivity index (χ0n) is 15.9. The van der Waals surface area contributed by atoms with Crippen LogP contribution in [0.15, 0.2) is 122 Å². The van der Waals surface area contributed by atoms with Crippen molar-refractivity contribution in [2.24, 2.45) is 0 Å². The molecule has 29 heavy (non-hydrogen) atoms. The van der Waals surface area contributed by atoms with Crippen molar-refractivity contribution >= 4 is 30.9 Å². The van der Waals surface area contributed by atoms with E-state index in [0.29, 0.717) is 0 Å². The van der Waals surface area contributed by atoms with Crippen LogP contribution in [0.3, 0.4) is 0 Å². The zero-order chi connectivity index (χ0) is 19.5. The number of rotatable bonds is 4. The first kappa shape index (κ1) is 17.8. The van der Waals surface area contributed by atoms with Gasteiger partial charge in [-0.25, -0.2) is 0 Å². The van der Waals surface area contributed by atoms with Crippen molar-refractivity contribution in [1.29, 1.82) is 0 Å². The Bertz CT molecular complexity index is 1070. The van der Waals surface area contributed by atoms with E-state index in [2.05, 4.69) is 94.9 Å². The Morgan fingerprint density at radius 3 is 1.31 bits per heavy atom. The SMILES string of the molecule is C1=[C](c2cccnc2)[Ge]([c]2ccccc2)([c]2ccccc2)[C](c2cccnc2)=C1. The molecule has 0 N–H and O–H groups in total. The Morgan fingerprint density at radius 2 is 0.931 bits per heavy atom. The van der Waals surface area contributed by atoms with E-state index in [1.54, 1.807) is 0 Å². The molecule has 0 amide bonds. The molecule has 1 aliphatic rings. The van der Waals surface area contributed by atoms with E-state index in [4.69, 9.17) is 0 Å². The van der Waals surface area contributed by atoms with Crippen LogP contribution in [0, 0.1) is 0 Å². The molecular weight excluding hydrogens is 413 g/mol. The number of nitrogens with zero attached hydrogens (tertiary/aromatic N) is 2. The first-order chi connectivity index (χ1) is 14.4. The molecule has 5 rings (SSSR count). The minimum absolute atomic E-state index is 1.20. The quantitative estimate of drug-likeness (QED) is 0.449. The van der Waals surface area contributed by atoms with E-state index in [0.717, 1.165) is 0 Å². The maximum absolute atomic E-state index is 4.43. The fraction of sp³-hybridized carbons (Fsp3) is 0. The van der Waals surface area contributed by atoms with Gasteiger partial charge in [0, 0.05) is 0 Å². The Kier molecular flexibility index (Phi) is 4.70. The number of benzene rings is 2. The van der Waals surface area contributed by atoms with Crippen molar-refractivity contribution in [3.8, 4) is 0 Å². The monoisotopic (exact) mass is 434 g/mol. The number of hydrogen-bond acceptors (Lipinski definition) is 2. The van der Waals surface area contributed by atoms with Crippen LogP contribution in [0.5, 0.6) is 0 Å². The summed E-state index contributed by atoms with van der Waals surface area (Å²) in [5, 5.41) is 0. The third-order valence-electron chi connectivity index (χ3n) is 5.58. The molecule has 0 radical (unpaired) electrons. The molecule has 138 valence electrons. The van der Waals surface area contributed by atoms with Gasteiger partial charge < -0.3 is 0 Å². The van der Waals surface area contributed by atoms with Gasteiger partial charge in [0.05, 0.1) is 0 Å². The van der Waals surface area contributed by atoms with Crippen LogP contribution in [-0.2, 0) is 0 Å². The third-order valence-corrected chi connectivity index (χ3v) is 15.9. The average Bonchev–Trinajstić information content (AvgIpc) is 3.23. The van der Waals surface area contributed by atoms with E-state index in [9.17, 15) is 0 Å². The molecule has 2 aromatic carbocycles. The topological polar surface area (TPSA) is 25.8 Å². The maximum atomic E-state index is 4.43. The zero-order valence-corrected chi connectivity index (χ0v) is 18.0. The van der Waals surface area contributed by atoms with Crippen LogP contribution >= 0.6 is 0 Å². The molecule has 0 saturated heterocycles. The molecule has 1 aliphatic heterocycles. The van der Waals surface area contributed by atoms with E-state index >= 15 is 0 Å². The number of hydrogen-bond donors (Lipinski definition) is 0. The summed E-state index contributed by atoms with van der Waals surface area (Å²) in [6, 6.07) is 30.4. The molecule has 0 bridgehead atoms. The second-order valence-corrected chi connectivity index (χ2v) is 15.0. The third kappa shape index (κ3) is 2.97. The second kappa shape index (κ2) is 7.65. The van der Waals surface area contributed by atoms with Gasteiger partial charge >= 0.3 is 174 Å². The molecule has 0 aliphatic carbocycles. The van der Waals surface area contributed by atoms with Crippen LogP contribution in [0.4, 0.5) is 0 Å². The molecule has 4 aromatic rings. The van der Waals surface area contributed by atoms with Crippen molar-refractivity contribution in [1.82, 2.24) is 9.97 Å². The molecule has 0 atom stereocenters. The first-order valence-electron chi connectivity index (χ1n) is 9.75. The Morgan fingerprint density at radius 1 is 0.483 bits per heavy atom. The normalized spacial score (nSPS) is 14.9. The molecule has 0 saturated carbocycles. The van der Waals surface area contributed by atoms with E-state index in [1.165, 1.54) is 28.7 Å². The molecule has 2 aromatic heterocycles. The van der Waals surface area contributed by atoms with E-state index < -0.39 is 13.3 Å². The summed E-state index contributed by atoms with van der Waals surface area (Å²) in [6.45, 7) is 0. The van der Waals surface area contributed by atoms with Gasteiger partial charge in [-0.2, -0.15) is 0 Å². The summed E-state index contributed by atoms with van der Waals surface area (Å²) in [5.74, 6) is 0. The van der Waals surface area contributed by atoms with Crippen LogP contribution < -0.4 is 8.79 Å². The summed E-state index contributed by atoms with van der Waals surface area (Å²) in [7, 11) is 0. The molecule has 3 heterocycles. The predicted octanol–water partition coefficient (Wildman–Crippen LogP) is 4.30. The standard InChI is InChI=1S/C26H20GeN2/c1-3-11-23(12-4-1)27(24-13-5-2-6-14-24)25(21-9-7-17-28-19-21)15-16-26(27)22-10-8-18-29-20-22/h1-20H. The Hall–Kier alpha value is -3.24. The fourth-order valence-electron chi connectivity index (χ4n) is 4.40. The molecule has 0 spiro atoms. The Labute approximate surface area is 173 Å². The fourth-order valence-corrected chi connectivity index (χ4v) is 15.1. The molecule has 0 fully saturated rings. The van der Waals surface area contributed by atoms with Gasteiger partial charge in [0.2, 0.25) is 0 Å². The van der Waals surface area contributed by atoms with E-state index in [1.807, 2.05) is 36.9 Å². The predicted molar refractivity (Wildman–Crippen MR) is 122 cm³/mol. The van der Waals surface area contributed by atoms with Crippen LogP contribution in [0.25, 0.3) is 8.81 Å². The Balaban J connectivity index is 1.85. The minimum atomic E-state index is -3.20. The van der Waals surface area contributed by atoms with Crippen LogP contribution in [0.2, 0.25) is 0 Å². The molecule has 0 unspecified atom stereocenters. The molecular formula is C26H20GeN2. The van der Waals surface area contributed by atoms with Crippen LogP contribution in [0.1, 0.15) is 11.1 Å². The van der Waals surface area contributed by atoms with Crippen molar-refractivity contribution in [3.05, 3.63) is 133 Å². The molecule has 2 nitrogen and oxygen atoms in total. The second-order valence-electron chi connectivity index (χ2n) is 7.13. The van der Waals surface area contributed by atoms with Crippen molar-refractivity contribution < 1.29 is 0 Å². The summed E-state index contributed by atoms with van der Waals surface area (Å²) in [4.78, 5) is 8.87. The number of aromatic nitrogens is 2. The first-order valence-corrected chi connectivity index (χ1v) is 13.9. The van der Waals surface area contributed by atoms with Gasteiger partial charge in [-0.1, -0.05) is 0 Å². The van der Waals surface area contributed by atoms with Crippen molar-refractivity contribution in [2.75, 3.05) is 0 Å². The number of allylic oxidation sites excluding steroid dienone is 2. The number of pyridine rings is 2. The van der Waals surface area contributed by atoms with Gasteiger partial charge in [-0.15, -0.1) is 0 Å². The summed E-state index contributed by atoms with van der Waals surface area (Å²) in [5.41, 5.74) is 2.41. The van der Waals surface area contributed by atoms with E-state index in [-0.39, 0.29) is 0 Å². The average molecular weight is 433 g/mol. The van der Waals surface area contributed by atoms with Gasteiger partial charge in [0.15, 0.2) is 0 Å². The summed E-state index contributed by atoms with van der Waals surface area (Å²) in [6.07, 6.45) is 12.3. The van der Waals surface area contributed by atoms with Crippen molar-refractivity contribution in [3.63, 3.8) is 0 Å². The van der Waals surface area contributed by atoms with Crippen molar-refractivity contribution in [2.45, 2.75) is 0 Å². The summed E-state index contributed by atoms with van der Waals surface area (Å²) >= 11 is -3.20. The van der Waals surface area contributed by atoms with Crippen LogP contribution in [-0.4, -0.2) is 23.2 Å².